The fourth-order valence-electron chi connectivity index (χ4n) is 1.87. The average Bonchev–Trinajstić information content (AvgIpc) is 2.88. The Bertz CT molecular complexity index is 537. The number of ether oxygens (including phenoxy) is 1. The van der Waals surface area contributed by atoms with E-state index in [2.05, 4.69) is 24.4 Å². The van der Waals surface area contributed by atoms with Gasteiger partial charge in [-0.3, -0.25) is 0 Å². The summed E-state index contributed by atoms with van der Waals surface area (Å²) in [5, 5.41) is 3.37. The first-order valence-electron chi connectivity index (χ1n) is 6.57. The highest BCUT2D eigenvalue weighted by Crippen LogP contribution is 2.30. The van der Waals surface area contributed by atoms with Crippen LogP contribution in [0.1, 0.15) is 23.6 Å². The number of hydrogen-bond donors (Lipinski definition) is 2. The summed E-state index contributed by atoms with van der Waals surface area (Å²) in [7, 11) is 0. The molecule has 0 saturated heterocycles. The lowest BCUT2D eigenvalue weighted by Gasteiger charge is -2.12. The third-order valence-corrected chi connectivity index (χ3v) is 4.11. The standard InChI is InChI=1S/C15H20N2OS/c1-3-11-8-9-12(19-11)10-17-13-6-5-7-14(15(13)16)18-4-2/h5-9,17H,3-4,10,16H2,1-2H3. The minimum Gasteiger partial charge on any atom is -0.492 e. The fraction of sp³-hybridized carbons (Fsp3) is 0.333. The minimum atomic E-state index is 0.623. The van der Waals surface area contributed by atoms with Gasteiger partial charge in [-0.25, -0.2) is 0 Å². The number of nitrogens with two attached hydrogens (primary N) is 1. The Morgan fingerprint density at radius 2 is 1.95 bits per heavy atom. The Morgan fingerprint density at radius 3 is 2.63 bits per heavy atom. The lowest BCUT2D eigenvalue weighted by atomic mass is 10.2. The van der Waals surface area contributed by atoms with Crippen LogP contribution >= 0.6 is 11.3 Å². The molecule has 3 N–H and O–H groups in total. The van der Waals surface area contributed by atoms with E-state index >= 15 is 0 Å². The van der Waals surface area contributed by atoms with E-state index in [1.807, 2.05) is 36.5 Å². The Morgan fingerprint density at radius 1 is 1.16 bits per heavy atom. The van der Waals surface area contributed by atoms with Crippen molar-refractivity contribution in [3.8, 4) is 5.75 Å². The number of hydrogen-bond acceptors (Lipinski definition) is 4. The van der Waals surface area contributed by atoms with Crippen molar-refractivity contribution in [3.63, 3.8) is 0 Å². The molecule has 0 unspecified atom stereocenters. The first kappa shape index (κ1) is 13.7. The van der Waals surface area contributed by atoms with Gasteiger partial charge in [0.2, 0.25) is 0 Å². The Balaban J connectivity index is 2.04. The van der Waals surface area contributed by atoms with Crippen LogP contribution in [-0.4, -0.2) is 6.61 Å². The Labute approximate surface area is 118 Å². The van der Waals surface area contributed by atoms with E-state index < -0.39 is 0 Å². The molecule has 0 bridgehead atoms. The summed E-state index contributed by atoms with van der Waals surface area (Å²) in [5.74, 6) is 0.743. The van der Waals surface area contributed by atoms with Crippen LogP contribution in [0.5, 0.6) is 5.75 Å². The van der Waals surface area contributed by atoms with Gasteiger partial charge in [-0.1, -0.05) is 13.0 Å². The molecule has 0 radical (unpaired) electrons. The van der Waals surface area contributed by atoms with Crippen LogP contribution in [0.15, 0.2) is 30.3 Å². The number of thiophene rings is 1. The molecule has 1 aromatic carbocycles. The number of para-hydroxylation sites is 1. The van der Waals surface area contributed by atoms with Crippen LogP contribution in [0, 0.1) is 0 Å². The molecular weight excluding hydrogens is 256 g/mol. The summed E-state index contributed by atoms with van der Waals surface area (Å²) in [5.41, 5.74) is 7.69. The van der Waals surface area contributed by atoms with E-state index in [-0.39, 0.29) is 0 Å². The second-order valence-corrected chi connectivity index (χ2v) is 5.48. The van der Waals surface area contributed by atoms with Crippen LogP contribution in [0.4, 0.5) is 11.4 Å². The van der Waals surface area contributed by atoms with Crippen molar-refractivity contribution in [3.05, 3.63) is 40.1 Å². The average molecular weight is 276 g/mol. The predicted octanol–water partition coefficient (Wildman–Crippen LogP) is 3.90. The van der Waals surface area contributed by atoms with E-state index in [0.29, 0.717) is 12.3 Å². The molecular formula is C15H20N2OS. The van der Waals surface area contributed by atoms with E-state index in [1.54, 1.807) is 0 Å². The van der Waals surface area contributed by atoms with Gasteiger partial charge < -0.3 is 15.8 Å². The van der Waals surface area contributed by atoms with Crippen molar-refractivity contribution in [2.24, 2.45) is 0 Å². The Hall–Kier alpha value is -1.68. The highest BCUT2D eigenvalue weighted by atomic mass is 32.1. The molecule has 0 aliphatic heterocycles. The zero-order chi connectivity index (χ0) is 13.7. The molecule has 3 nitrogen and oxygen atoms in total. The van der Waals surface area contributed by atoms with Crippen molar-refractivity contribution in [2.45, 2.75) is 26.8 Å². The largest absolute Gasteiger partial charge is 0.492 e. The van der Waals surface area contributed by atoms with Gasteiger partial charge in [0.15, 0.2) is 0 Å². The molecule has 19 heavy (non-hydrogen) atoms. The molecule has 102 valence electrons. The molecule has 1 aromatic heterocycles. The molecule has 0 saturated carbocycles. The quantitative estimate of drug-likeness (QED) is 0.787. The lowest BCUT2D eigenvalue weighted by molar-refractivity contribution is 0.342. The molecule has 0 amide bonds. The molecule has 0 aliphatic carbocycles. The van der Waals surface area contributed by atoms with Gasteiger partial charge in [0.1, 0.15) is 5.75 Å². The number of benzene rings is 1. The zero-order valence-electron chi connectivity index (χ0n) is 11.4. The molecule has 2 rings (SSSR count). The van der Waals surface area contributed by atoms with Crippen LogP contribution in [0.25, 0.3) is 0 Å². The predicted molar refractivity (Wildman–Crippen MR) is 83.0 cm³/mol. The molecule has 1 heterocycles. The van der Waals surface area contributed by atoms with E-state index in [1.165, 1.54) is 9.75 Å². The smallest absolute Gasteiger partial charge is 0.144 e. The molecule has 0 fully saturated rings. The maximum absolute atomic E-state index is 6.08. The fourth-order valence-corrected chi connectivity index (χ4v) is 2.77. The molecule has 0 atom stereocenters. The molecule has 4 heteroatoms. The highest BCUT2D eigenvalue weighted by Gasteiger charge is 2.06. The van der Waals surface area contributed by atoms with Gasteiger partial charge in [-0.05, 0) is 37.6 Å². The summed E-state index contributed by atoms with van der Waals surface area (Å²) < 4.78 is 5.49. The monoisotopic (exact) mass is 276 g/mol. The number of nitrogen functional groups attached to an aromatic ring is 1. The van der Waals surface area contributed by atoms with Gasteiger partial charge in [-0.2, -0.15) is 0 Å². The van der Waals surface area contributed by atoms with Gasteiger partial charge in [0.05, 0.1) is 18.0 Å². The zero-order valence-corrected chi connectivity index (χ0v) is 12.2. The second kappa shape index (κ2) is 6.48. The summed E-state index contributed by atoms with van der Waals surface area (Å²) in [6.45, 7) is 5.55. The van der Waals surface area contributed by atoms with Crippen molar-refractivity contribution >= 4 is 22.7 Å². The third kappa shape index (κ3) is 3.41. The molecule has 0 spiro atoms. The normalized spacial score (nSPS) is 10.4. The SMILES string of the molecule is CCOc1cccc(NCc2ccc(CC)s2)c1N. The number of aryl methyl sites for hydroxylation is 1. The van der Waals surface area contributed by atoms with E-state index in [0.717, 1.165) is 24.4 Å². The number of nitrogens with one attached hydrogen (secondary N) is 1. The maximum Gasteiger partial charge on any atom is 0.144 e. The number of rotatable bonds is 6. The van der Waals surface area contributed by atoms with Gasteiger partial charge in [0.25, 0.3) is 0 Å². The lowest BCUT2D eigenvalue weighted by Crippen LogP contribution is -2.03. The van der Waals surface area contributed by atoms with Gasteiger partial charge in [-0.15, -0.1) is 11.3 Å². The van der Waals surface area contributed by atoms with Crippen LogP contribution in [0.2, 0.25) is 0 Å². The summed E-state index contributed by atoms with van der Waals surface area (Å²) in [6.07, 6.45) is 1.09. The Kier molecular flexibility index (Phi) is 4.68. The van der Waals surface area contributed by atoms with Gasteiger partial charge in [0, 0.05) is 16.3 Å². The van der Waals surface area contributed by atoms with Crippen LogP contribution in [0.3, 0.4) is 0 Å². The molecule has 0 aliphatic rings. The summed E-state index contributed by atoms with van der Waals surface area (Å²) in [6, 6.07) is 10.2. The first-order valence-corrected chi connectivity index (χ1v) is 7.39. The maximum atomic E-state index is 6.08. The van der Waals surface area contributed by atoms with Crippen molar-refractivity contribution in [1.29, 1.82) is 0 Å². The highest BCUT2D eigenvalue weighted by molar-refractivity contribution is 7.12. The second-order valence-electron chi connectivity index (χ2n) is 4.23. The van der Waals surface area contributed by atoms with Crippen molar-refractivity contribution in [1.82, 2.24) is 0 Å². The van der Waals surface area contributed by atoms with Crippen LogP contribution < -0.4 is 15.8 Å². The minimum absolute atomic E-state index is 0.623. The third-order valence-electron chi connectivity index (χ3n) is 2.88. The first-order chi connectivity index (χ1) is 9.24. The molecule has 2 aromatic rings. The van der Waals surface area contributed by atoms with E-state index in [4.69, 9.17) is 10.5 Å². The van der Waals surface area contributed by atoms with Crippen molar-refractivity contribution in [2.75, 3.05) is 17.7 Å². The number of anilines is 2. The van der Waals surface area contributed by atoms with Crippen molar-refractivity contribution < 1.29 is 4.74 Å². The van der Waals surface area contributed by atoms with E-state index in [9.17, 15) is 0 Å². The summed E-state index contributed by atoms with van der Waals surface area (Å²) in [4.78, 5) is 2.73. The topological polar surface area (TPSA) is 47.3 Å². The van der Waals surface area contributed by atoms with Gasteiger partial charge >= 0.3 is 0 Å². The van der Waals surface area contributed by atoms with Crippen LogP contribution in [-0.2, 0) is 13.0 Å². The summed E-state index contributed by atoms with van der Waals surface area (Å²) >= 11 is 1.84.